The highest BCUT2D eigenvalue weighted by Gasteiger charge is 2.30. The summed E-state index contributed by atoms with van der Waals surface area (Å²) in [4.78, 5) is 21.8. The largest absolute Gasteiger partial charge is 0.490 e. The Morgan fingerprint density at radius 1 is 1.13 bits per heavy atom. The van der Waals surface area contributed by atoms with E-state index >= 15 is 4.39 Å². The quantitative estimate of drug-likeness (QED) is 0.213. The van der Waals surface area contributed by atoms with Gasteiger partial charge in [-0.1, -0.05) is 18.7 Å². The molecule has 0 fully saturated rings. The van der Waals surface area contributed by atoms with Crippen LogP contribution in [0.5, 0.6) is 5.75 Å². The number of aliphatic hydroxyl groups excluding tert-OH is 1. The zero-order chi connectivity index (χ0) is 32.1. The molecular weight excluding hydrogens is 608 g/mol. The molecule has 1 amide bonds. The summed E-state index contributed by atoms with van der Waals surface area (Å²) >= 11 is 1.43. The Bertz CT molecular complexity index is 2000. The van der Waals surface area contributed by atoms with Gasteiger partial charge in [-0.05, 0) is 61.2 Å². The highest BCUT2D eigenvalue weighted by Crippen LogP contribution is 2.47. The van der Waals surface area contributed by atoms with Gasteiger partial charge in [-0.2, -0.15) is 5.10 Å². The number of fused-ring (bicyclic) bond motifs is 3. The topological polar surface area (TPSA) is 83.7 Å². The van der Waals surface area contributed by atoms with Crippen LogP contribution in [0.3, 0.4) is 0 Å². The lowest BCUT2D eigenvalue weighted by molar-refractivity contribution is -0.127. The van der Waals surface area contributed by atoms with Crippen molar-refractivity contribution in [3.63, 3.8) is 0 Å². The molecule has 8 nitrogen and oxygen atoms in total. The molecule has 0 aliphatic carbocycles. The predicted octanol–water partition coefficient (Wildman–Crippen LogP) is 6.22. The average molecular weight is 642 g/mol. The van der Waals surface area contributed by atoms with E-state index in [4.69, 9.17) is 14.8 Å². The van der Waals surface area contributed by atoms with E-state index in [-0.39, 0.29) is 36.5 Å². The summed E-state index contributed by atoms with van der Waals surface area (Å²) in [5.41, 5.74) is 6.43. The van der Waals surface area contributed by atoms with E-state index in [2.05, 4.69) is 36.7 Å². The van der Waals surface area contributed by atoms with Gasteiger partial charge in [0.2, 0.25) is 5.91 Å². The Kier molecular flexibility index (Phi) is 7.92. The average Bonchev–Trinajstić information content (AvgIpc) is 3.71. The van der Waals surface area contributed by atoms with Gasteiger partial charge in [-0.25, -0.2) is 13.8 Å². The molecule has 0 unspecified atom stereocenters. The number of halogens is 2. The second kappa shape index (κ2) is 12.1. The molecule has 46 heavy (non-hydrogen) atoms. The molecule has 11 heteroatoms. The van der Waals surface area contributed by atoms with Gasteiger partial charge in [0.1, 0.15) is 35.4 Å². The Labute approximate surface area is 269 Å². The molecule has 0 spiro atoms. The van der Waals surface area contributed by atoms with Crippen LogP contribution in [0.1, 0.15) is 29.8 Å². The maximum atomic E-state index is 16.0. The van der Waals surface area contributed by atoms with Crippen molar-refractivity contribution in [2.75, 3.05) is 33.4 Å². The first-order valence-corrected chi connectivity index (χ1v) is 16.1. The summed E-state index contributed by atoms with van der Waals surface area (Å²) in [6, 6.07) is 12.1. The number of likely N-dealkylation sites (N-methyl/N-ethyl adjacent to an activating group) is 1. The molecule has 1 N–H and O–H groups in total. The third-order valence-corrected chi connectivity index (χ3v) is 9.64. The van der Waals surface area contributed by atoms with Gasteiger partial charge in [0.25, 0.3) is 0 Å². The fourth-order valence-electron chi connectivity index (χ4n) is 6.57. The van der Waals surface area contributed by atoms with Crippen LogP contribution in [0.2, 0.25) is 0 Å². The van der Waals surface area contributed by atoms with Crippen LogP contribution < -0.4 is 4.74 Å². The van der Waals surface area contributed by atoms with E-state index in [1.807, 2.05) is 29.1 Å². The molecule has 5 heterocycles. The summed E-state index contributed by atoms with van der Waals surface area (Å²) in [6.45, 7) is 7.80. The second-order valence-electron chi connectivity index (χ2n) is 11.9. The number of nitrogens with zero attached hydrogens (tertiary/aromatic N) is 5. The lowest BCUT2D eigenvalue weighted by Gasteiger charge is -2.31. The van der Waals surface area contributed by atoms with Crippen LogP contribution in [-0.4, -0.2) is 68.9 Å². The second-order valence-corrected chi connectivity index (χ2v) is 12.8. The first-order valence-electron chi connectivity index (χ1n) is 15.2. The number of thiophene rings is 1. The van der Waals surface area contributed by atoms with E-state index in [0.29, 0.717) is 30.0 Å². The minimum Gasteiger partial charge on any atom is -0.490 e. The molecule has 2 aliphatic heterocycles. The van der Waals surface area contributed by atoms with Gasteiger partial charge in [0.05, 0.1) is 36.1 Å². The fraction of sp³-hybridized carbons (Fsp3) is 0.286. The van der Waals surface area contributed by atoms with E-state index < -0.39 is 11.6 Å². The van der Waals surface area contributed by atoms with Crippen LogP contribution in [0, 0.1) is 11.6 Å². The Morgan fingerprint density at radius 3 is 2.78 bits per heavy atom. The third kappa shape index (κ3) is 5.28. The molecule has 3 aromatic heterocycles. The normalized spacial score (nSPS) is 16.4. The SMILES string of the molecule is C=CC(=O)N1Cc2cc(-c3nc(-c4ccc5c(c4)CCN(C)C5)c4ccsc4c3-c3c(F)cc(F)cc3OCCO)nn2[C@@H](C)C1. The van der Waals surface area contributed by atoms with Crippen molar-refractivity contribution in [3.8, 4) is 39.5 Å². The molecule has 5 aromatic rings. The monoisotopic (exact) mass is 641 g/mol. The highest BCUT2D eigenvalue weighted by molar-refractivity contribution is 7.18. The maximum absolute atomic E-state index is 16.0. The molecule has 0 radical (unpaired) electrons. The molecule has 1 atom stereocenters. The van der Waals surface area contributed by atoms with Crippen molar-refractivity contribution in [1.82, 2.24) is 24.6 Å². The van der Waals surface area contributed by atoms with Crippen LogP contribution in [0.4, 0.5) is 8.78 Å². The van der Waals surface area contributed by atoms with Gasteiger partial charge in [-0.15, -0.1) is 11.3 Å². The van der Waals surface area contributed by atoms with Crippen molar-refractivity contribution in [1.29, 1.82) is 0 Å². The Hall–Kier alpha value is -4.45. The first kappa shape index (κ1) is 30.2. The van der Waals surface area contributed by atoms with Gasteiger partial charge < -0.3 is 19.6 Å². The predicted molar refractivity (Wildman–Crippen MR) is 175 cm³/mol. The van der Waals surface area contributed by atoms with E-state index in [1.165, 1.54) is 28.5 Å². The van der Waals surface area contributed by atoms with E-state index in [1.54, 1.807) is 4.90 Å². The van der Waals surface area contributed by atoms with Gasteiger partial charge in [0, 0.05) is 53.0 Å². The van der Waals surface area contributed by atoms with Crippen LogP contribution in [-0.2, 0) is 24.3 Å². The lowest BCUT2D eigenvalue weighted by atomic mass is 9.93. The van der Waals surface area contributed by atoms with Crippen molar-refractivity contribution in [3.05, 3.63) is 89.0 Å². The first-order chi connectivity index (χ1) is 22.2. The van der Waals surface area contributed by atoms with Crippen molar-refractivity contribution >= 4 is 27.3 Å². The minimum absolute atomic E-state index is 0.0324. The van der Waals surface area contributed by atoms with Crippen molar-refractivity contribution in [2.45, 2.75) is 32.5 Å². The standard InChI is InChI=1S/C35H33F2N5O3S/c1-4-30(44)41-17-20(2)42-25(19-41)16-28(39-42)34-32(31-27(37)14-24(36)15-29(31)45-11-10-43)35-26(8-12-46-35)33(38-34)22-5-6-23-18-40(3)9-7-21(23)13-22/h4-6,8,12-16,20,43H,1,7,9-11,17-19H2,2-3H3/t20-/m0/s1. The summed E-state index contributed by atoms with van der Waals surface area (Å²) in [6.07, 6.45) is 2.23. The van der Waals surface area contributed by atoms with Gasteiger partial charge in [-0.3, -0.25) is 9.48 Å². The minimum atomic E-state index is -0.809. The Balaban J connectivity index is 1.49. The number of aromatic nitrogens is 3. The van der Waals surface area contributed by atoms with E-state index in [0.717, 1.165) is 58.7 Å². The summed E-state index contributed by atoms with van der Waals surface area (Å²) in [5, 5.41) is 17.2. The fourth-order valence-corrected chi connectivity index (χ4v) is 7.52. The summed E-state index contributed by atoms with van der Waals surface area (Å²) < 4.78 is 38.9. The molecule has 0 saturated carbocycles. The molecular formula is C35H33F2N5O3S. The van der Waals surface area contributed by atoms with Crippen LogP contribution >= 0.6 is 11.3 Å². The summed E-state index contributed by atoms with van der Waals surface area (Å²) in [5.74, 6) is -1.80. The number of amides is 1. The number of benzene rings is 2. The van der Waals surface area contributed by atoms with Crippen LogP contribution in [0.25, 0.3) is 43.9 Å². The number of pyridine rings is 1. The number of rotatable bonds is 7. The molecule has 0 bridgehead atoms. The van der Waals surface area contributed by atoms with Crippen molar-refractivity contribution in [2.24, 2.45) is 0 Å². The molecule has 2 aliphatic rings. The van der Waals surface area contributed by atoms with Crippen LogP contribution in [0.15, 0.2) is 60.5 Å². The molecule has 2 aromatic carbocycles. The smallest absolute Gasteiger partial charge is 0.246 e. The Morgan fingerprint density at radius 2 is 1.98 bits per heavy atom. The highest BCUT2D eigenvalue weighted by atomic mass is 32.1. The van der Waals surface area contributed by atoms with Gasteiger partial charge >= 0.3 is 0 Å². The number of aliphatic hydroxyl groups is 1. The van der Waals surface area contributed by atoms with Crippen molar-refractivity contribution < 1.29 is 23.4 Å². The zero-order valence-electron chi connectivity index (χ0n) is 25.6. The number of carbonyl (C=O) groups is 1. The maximum Gasteiger partial charge on any atom is 0.246 e. The van der Waals surface area contributed by atoms with Gasteiger partial charge in [0.15, 0.2) is 0 Å². The van der Waals surface area contributed by atoms with E-state index in [9.17, 15) is 14.3 Å². The summed E-state index contributed by atoms with van der Waals surface area (Å²) in [7, 11) is 2.11. The molecule has 0 saturated heterocycles. The molecule has 7 rings (SSSR count). The third-order valence-electron chi connectivity index (χ3n) is 8.71. The number of hydrogen-bond donors (Lipinski definition) is 1. The number of hydrogen-bond acceptors (Lipinski definition) is 7. The number of ether oxygens (including phenoxy) is 1. The zero-order valence-corrected chi connectivity index (χ0v) is 26.4. The molecule has 236 valence electrons. The number of carbonyl (C=O) groups excluding carboxylic acids is 1. The lowest BCUT2D eigenvalue weighted by Crippen LogP contribution is -2.39.